The second-order valence-corrected chi connectivity index (χ2v) is 3.92. The van der Waals surface area contributed by atoms with E-state index in [1.807, 2.05) is 0 Å². The van der Waals surface area contributed by atoms with Crippen LogP contribution >= 0.6 is 0 Å². The van der Waals surface area contributed by atoms with Gasteiger partial charge in [-0.1, -0.05) is 0 Å². The van der Waals surface area contributed by atoms with E-state index in [1.165, 1.54) is 0 Å². The lowest BCUT2D eigenvalue weighted by atomic mass is 9.87. The molecule has 2 fully saturated rings. The lowest BCUT2D eigenvalue weighted by molar-refractivity contribution is -0.0431. The molecule has 0 aromatic heterocycles. The molecule has 2 rings (SSSR count). The largest absolute Gasteiger partial charge is 0.315 e. The van der Waals surface area contributed by atoms with Gasteiger partial charge in [-0.25, -0.2) is 8.78 Å². The minimum absolute atomic E-state index is 0.0122. The van der Waals surface area contributed by atoms with Crippen molar-refractivity contribution in [3.05, 3.63) is 0 Å². The summed E-state index contributed by atoms with van der Waals surface area (Å²) in [5.41, 5.74) is -0.0122. The average molecular weight is 176 g/mol. The third-order valence-electron chi connectivity index (χ3n) is 2.94. The number of piperidine rings is 1. The van der Waals surface area contributed by atoms with Crippen molar-refractivity contribution in [1.29, 1.82) is 0 Å². The molecule has 0 bridgehead atoms. The second kappa shape index (κ2) is 2.64. The smallest absolute Gasteiger partial charge is 0.260 e. The van der Waals surface area contributed by atoms with Crippen LogP contribution in [-0.4, -0.2) is 31.1 Å². The zero-order chi connectivity index (χ0) is 8.66. The number of nitrogens with one attached hydrogen (secondary N) is 2. The Balaban J connectivity index is 1.97. The molecular weight excluding hydrogens is 162 g/mol. The van der Waals surface area contributed by atoms with Crippen LogP contribution in [0.5, 0.6) is 0 Å². The molecule has 1 atom stereocenters. The van der Waals surface area contributed by atoms with Crippen molar-refractivity contribution in [2.24, 2.45) is 0 Å². The summed E-state index contributed by atoms with van der Waals surface area (Å²) in [6, 6.07) is 0. The maximum absolute atomic E-state index is 12.8. The molecular formula is C8H14F2N2. The highest BCUT2D eigenvalue weighted by atomic mass is 19.3. The number of rotatable bonds is 0. The summed E-state index contributed by atoms with van der Waals surface area (Å²) >= 11 is 0. The molecule has 2 saturated heterocycles. The first kappa shape index (κ1) is 8.38. The third-order valence-corrected chi connectivity index (χ3v) is 2.94. The van der Waals surface area contributed by atoms with Gasteiger partial charge in [-0.15, -0.1) is 0 Å². The van der Waals surface area contributed by atoms with E-state index in [0.29, 0.717) is 6.42 Å². The van der Waals surface area contributed by atoms with Gasteiger partial charge in [0.1, 0.15) is 0 Å². The Hall–Kier alpha value is -0.220. The SMILES string of the molecule is FC1(F)CCC2(CCNC2)NC1. The fourth-order valence-electron chi connectivity index (χ4n) is 2.02. The maximum atomic E-state index is 12.8. The predicted octanol–water partition coefficient (Wildman–Crippen LogP) is 0.737. The topological polar surface area (TPSA) is 24.1 Å². The van der Waals surface area contributed by atoms with Crippen molar-refractivity contribution in [2.75, 3.05) is 19.6 Å². The summed E-state index contributed by atoms with van der Waals surface area (Å²) in [6.45, 7) is 1.66. The van der Waals surface area contributed by atoms with E-state index in [2.05, 4.69) is 10.6 Å². The number of hydrogen-bond acceptors (Lipinski definition) is 2. The van der Waals surface area contributed by atoms with E-state index in [-0.39, 0.29) is 18.5 Å². The van der Waals surface area contributed by atoms with Crippen LogP contribution in [0.1, 0.15) is 19.3 Å². The summed E-state index contributed by atoms with van der Waals surface area (Å²) in [5, 5.41) is 6.17. The van der Waals surface area contributed by atoms with Crippen LogP contribution in [0.2, 0.25) is 0 Å². The molecule has 1 spiro atoms. The lowest BCUT2D eigenvalue weighted by Gasteiger charge is -2.37. The van der Waals surface area contributed by atoms with E-state index in [1.54, 1.807) is 0 Å². The Morgan fingerprint density at radius 3 is 2.33 bits per heavy atom. The highest BCUT2D eigenvalue weighted by molar-refractivity contribution is 5.00. The van der Waals surface area contributed by atoms with Crippen LogP contribution < -0.4 is 10.6 Å². The molecule has 0 saturated carbocycles. The molecule has 0 radical (unpaired) electrons. The fraction of sp³-hybridized carbons (Fsp3) is 1.00. The molecule has 4 heteroatoms. The fourth-order valence-corrected chi connectivity index (χ4v) is 2.02. The summed E-state index contributed by atoms with van der Waals surface area (Å²) in [4.78, 5) is 0. The maximum Gasteiger partial charge on any atom is 0.260 e. The minimum Gasteiger partial charge on any atom is -0.315 e. The predicted molar refractivity (Wildman–Crippen MR) is 42.4 cm³/mol. The zero-order valence-corrected chi connectivity index (χ0v) is 7.00. The van der Waals surface area contributed by atoms with Crippen LogP contribution in [0, 0.1) is 0 Å². The molecule has 1 unspecified atom stereocenters. The van der Waals surface area contributed by atoms with Gasteiger partial charge in [-0.05, 0) is 19.4 Å². The monoisotopic (exact) mass is 176 g/mol. The molecule has 12 heavy (non-hydrogen) atoms. The Morgan fingerprint density at radius 1 is 1.00 bits per heavy atom. The average Bonchev–Trinajstić information content (AvgIpc) is 2.46. The van der Waals surface area contributed by atoms with Crippen LogP contribution in [0.15, 0.2) is 0 Å². The molecule has 2 heterocycles. The van der Waals surface area contributed by atoms with Gasteiger partial charge < -0.3 is 10.6 Å². The Kier molecular flexibility index (Phi) is 1.84. The molecule has 0 aliphatic carbocycles. The van der Waals surface area contributed by atoms with Crippen LogP contribution in [0.3, 0.4) is 0 Å². The van der Waals surface area contributed by atoms with Gasteiger partial charge in [0.05, 0.1) is 6.54 Å². The van der Waals surface area contributed by atoms with Crippen LogP contribution in [0.25, 0.3) is 0 Å². The number of alkyl halides is 2. The molecule has 70 valence electrons. The normalized spacial score (nSPS) is 40.5. The lowest BCUT2D eigenvalue weighted by Crippen LogP contribution is -2.56. The van der Waals surface area contributed by atoms with Gasteiger partial charge in [-0.3, -0.25) is 0 Å². The summed E-state index contributed by atoms with van der Waals surface area (Å²) < 4.78 is 25.5. The summed E-state index contributed by atoms with van der Waals surface area (Å²) in [5.74, 6) is -2.48. The van der Waals surface area contributed by atoms with Gasteiger partial charge in [0, 0.05) is 18.5 Å². The van der Waals surface area contributed by atoms with Crippen molar-refractivity contribution < 1.29 is 8.78 Å². The van der Waals surface area contributed by atoms with Crippen molar-refractivity contribution in [1.82, 2.24) is 10.6 Å². The van der Waals surface area contributed by atoms with Crippen molar-refractivity contribution >= 4 is 0 Å². The molecule has 0 aromatic carbocycles. The highest BCUT2D eigenvalue weighted by Crippen LogP contribution is 2.32. The minimum atomic E-state index is -2.48. The van der Waals surface area contributed by atoms with E-state index < -0.39 is 5.92 Å². The molecule has 2 aliphatic rings. The Morgan fingerprint density at radius 2 is 1.83 bits per heavy atom. The zero-order valence-electron chi connectivity index (χ0n) is 7.00. The van der Waals surface area contributed by atoms with Gasteiger partial charge in [-0.2, -0.15) is 0 Å². The molecule has 0 aromatic rings. The summed E-state index contributed by atoms with van der Waals surface area (Å²) in [6.07, 6.45) is 1.64. The summed E-state index contributed by atoms with van der Waals surface area (Å²) in [7, 11) is 0. The molecule has 2 aliphatic heterocycles. The van der Waals surface area contributed by atoms with Gasteiger partial charge >= 0.3 is 0 Å². The number of halogens is 2. The van der Waals surface area contributed by atoms with E-state index in [4.69, 9.17) is 0 Å². The van der Waals surface area contributed by atoms with E-state index in [9.17, 15) is 8.78 Å². The van der Waals surface area contributed by atoms with Crippen molar-refractivity contribution in [3.8, 4) is 0 Å². The molecule has 0 amide bonds. The van der Waals surface area contributed by atoms with Crippen LogP contribution in [0.4, 0.5) is 8.78 Å². The quantitative estimate of drug-likeness (QED) is 0.568. The Bertz CT molecular complexity index is 164. The molecule has 2 N–H and O–H groups in total. The van der Waals surface area contributed by atoms with Gasteiger partial charge in [0.25, 0.3) is 5.92 Å². The van der Waals surface area contributed by atoms with E-state index in [0.717, 1.165) is 19.5 Å². The van der Waals surface area contributed by atoms with E-state index >= 15 is 0 Å². The molecule has 2 nitrogen and oxygen atoms in total. The first-order chi connectivity index (χ1) is 5.62. The third kappa shape index (κ3) is 1.45. The highest BCUT2D eigenvalue weighted by Gasteiger charge is 2.44. The van der Waals surface area contributed by atoms with Gasteiger partial charge in [0.2, 0.25) is 0 Å². The van der Waals surface area contributed by atoms with Crippen molar-refractivity contribution in [2.45, 2.75) is 30.7 Å². The Labute approximate surface area is 70.7 Å². The van der Waals surface area contributed by atoms with Crippen molar-refractivity contribution in [3.63, 3.8) is 0 Å². The first-order valence-electron chi connectivity index (χ1n) is 4.46. The first-order valence-corrected chi connectivity index (χ1v) is 4.46. The second-order valence-electron chi connectivity index (χ2n) is 3.92. The van der Waals surface area contributed by atoms with Crippen LogP contribution in [-0.2, 0) is 0 Å². The number of hydrogen-bond donors (Lipinski definition) is 2. The van der Waals surface area contributed by atoms with Gasteiger partial charge in [0.15, 0.2) is 0 Å². The standard InChI is InChI=1S/C8H14F2N2/c9-8(10)2-1-7(12-6-8)3-4-11-5-7/h11-12H,1-6H2.